The van der Waals surface area contributed by atoms with Crippen LogP contribution in [0, 0.1) is 0 Å². The molecule has 1 aliphatic heterocycles. The Kier molecular flexibility index (Phi) is 3.37. The molecule has 2 rings (SSSR count). The molecule has 16 heavy (non-hydrogen) atoms. The van der Waals surface area contributed by atoms with Crippen LogP contribution in [-0.2, 0) is 4.79 Å². The van der Waals surface area contributed by atoms with Crippen LogP contribution in [0.4, 0.5) is 0 Å². The van der Waals surface area contributed by atoms with Crippen molar-refractivity contribution < 1.29 is 4.79 Å². The van der Waals surface area contributed by atoms with E-state index in [2.05, 4.69) is 6.08 Å². The number of nitrogens with zero attached hydrogens (tertiary/aromatic N) is 1. The third-order valence-corrected chi connectivity index (χ3v) is 2.79. The van der Waals surface area contributed by atoms with Gasteiger partial charge in [-0.1, -0.05) is 42.5 Å². The maximum atomic E-state index is 12.1. The van der Waals surface area contributed by atoms with Gasteiger partial charge in [0.2, 0.25) is 5.91 Å². The Hall–Kier alpha value is -1.61. The number of carbonyl (C=O) groups is 1. The normalized spacial score (nSPS) is 17.2. The van der Waals surface area contributed by atoms with Crippen molar-refractivity contribution in [3.8, 4) is 0 Å². The van der Waals surface area contributed by atoms with Gasteiger partial charge in [0.25, 0.3) is 0 Å². The molecular formula is C13H16N2O. The van der Waals surface area contributed by atoms with E-state index in [0.717, 1.165) is 18.5 Å². The smallest absolute Gasteiger partial charge is 0.244 e. The molecule has 1 heterocycles. The van der Waals surface area contributed by atoms with Crippen LogP contribution in [0.25, 0.3) is 0 Å². The summed E-state index contributed by atoms with van der Waals surface area (Å²) in [7, 11) is 0. The molecule has 1 atom stereocenters. The molecule has 0 radical (unpaired) electrons. The highest BCUT2D eigenvalue weighted by Crippen LogP contribution is 2.14. The van der Waals surface area contributed by atoms with Crippen LogP contribution >= 0.6 is 0 Å². The lowest BCUT2D eigenvalue weighted by molar-refractivity contribution is -0.132. The minimum absolute atomic E-state index is 0.00977. The van der Waals surface area contributed by atoms with Crippen molar-refractivity contribution in [3.63, 3.8) is 0 Å². The van der Waals surface area contributed by atoms with Gasteiger partial charge in [-0.05, 0) is 12.0 Å². The van der Waals surface area contributed by atoms with Crippen LogP contribution in [0.15, 0.2) is 42.5 Å². The average Bonchev–Trinajstić information content (AvgIpc) is 2.39. The maximum Gasteiger partial charge on any atom is 0.244 e. The molecule has 0 spiro atoms. The van der Waals surface area contributed by atoms with Gasteiger partial charge in [0.1, 0.15) is 6.04 Å². The van der Waals surface area contributed by atoms with Crippen LogP contribution in [-0.4, -0.2) is 23.9 Å². The molecule has 0 aliphatic carbocycles. The molecule has 1 aromatic carbocycles. The molecule has 0 saturated heterocycles. The van der Waals surface area contributed by atoms with Crippen LogP contribution in [0.2, 0.25) is 0 Å². The Morgan fingerprint density at radius 1 is 1.25 bits per heavy atom. The SMILES string of the molecule is N[C@H](C(=O)N1CC=CCC1)c1ccccc1. The van der Waals surface area contributed by atoms with Gasteiger partial charge in [-0.3, -0.25) is 4.79 Å². The first-order chi connectivity index (χ1) is 7.79. The van der Waals surface area contributed by atoms with E-state index in [-0.39, 0.29) is 5.91 Å². The van der Waals surface area contributed by atoms with Crippen molar-refractivity contribution in [3.05, 3.63) is 48.0 Å². The third-order valence-electron chi connectivity index (χ3n) is 2.79. The molecule has 0 aromatic heterocycles. The Bertz CT molecular complexity index is 386. The Balaban J connectivity index is 2.07. The molecule has 0 bridgehead atoms. The van der Waals surface area contributed by atoms with Crippen molar-refractivity contribution in [2.24, 2.45) is 5.73 Å². The molecule has 1 amide bonds. The Morgan fingerprint density at radius 3 is 2.62 bits per heavy atom. The van der Waals surface area contributed by atoms with E-state index in [1.807, 2.05) is 36.4 Å². The number of hydrogen-bond acceptors (Lipinski definition) is 2. The van der Waals surface area contributed by atoms with E-state index in [9.17, 15) is 4.79 Å². The molecule has 0 fully saturated rings. The fourth-order valence-corrected chi connectivity index (χ4v) is 1.84. The summed E-state index contributed by atoms with van der Waals surface area (Å²) >= 11 is 0. The highest BCUT2D eigenvalue weighted by molar-refractivity contribution is 5.83. The number of benzene rings is 1. The lowest BCUT2D eigenvalue weighted by atomic mass is 10.1. The minimum atomic E-state index is -0.535. The molecular weight excluding hydrogens is 200 g/mol. The molecule has 0 saturated carbocycles. The molecule has 1 aliphatic rings. The molecule has 2 N–H and O–H groups in total. The second-order valence-corrected chi connectivity index (χ2v) is 3.93. The summed E-state index contributed by atoms with van der Waals surface area (Å²) < 4.78 is 0. The molecule has 84 valence electrons. The summed E-state index contributed by atoms with van der Waals surface area (Å²) in [6, 6.07) is 8.97. The lowest BCUT2D eigenvalue weighted by Gasteiger charge is -2.26. The van der Waals surface area contributed by atoms with E-state index < -0.39 is 6.04 Å². The monoisotopic (exact) mass is 216 g/mol. The summed E-state index contributed by atoms with van der Waals surface area (Å²) in [4.78, 5) is 13.9. The topological polar surface area (TPSA) is 46.3 Å². The lowest BCUT2D eigenvalue weighted by Crippen LogP contribution is -2.40. The zero-order valence-corrected chi connectivity index (χ0v) is 9.17. The number of nitrogens with two attached hydrogens (primary N) is 1. The first-order valence-corrected chi connectivity index (χ1v) is 5.53. The van der Waals surface area contributed by atoms with E-state index in [4.69, 9.17) is 5.73 Å². The van der Waals surface area contributed by atoms with Crippen molar-refractivity contribution in [2.45, 2.75) is 12.5 Å². The van der Waals surface area contributed by atoms with Gasteiger partial charge < -0.3 is 10.6 Å². The number of rotatable bonds is 2. The number of amides is 1. The van der Waals surface area contributed by atoms with Gasteiger partial charge in [-0.15, -0.1) is 0 Å². The number of carbonyl (C=O) groups excluding carboxylic acids is 1. The fourth-order valence-electron chi connectivity index (χ4n) is 1.84. The summed E-state index contributed by atoms with van der Waals surface area (Å²) in [5.74, 6) is 0.00977. The van der Waals surface area contributed by atoms with Gasteiger partial charge in [0, 0.05) is 13.1 Å². The quantitative estimate of drug-likeness (QED) is 0.761. The van der Waals surface area contributed by atoms with Gasteiger partial charge in [-0.25, -0.2) is 0 Å². The van der Waals surface area contributed by atoms with Gasteiger partial charge in [-0.2, -0.15) is 0 Å². The van der Waals surface area contributed by atoms with Crippen LogP contribution in [0.5, 0.6) is 0 Å². The zero-order valence-electron chi connectivity index (χ0n) is 9.17. The minimum Gasteiger partial charge on any atom is -0.337 e. The predicted octanol–water partition coefficient (Wildman–Crippen LogP) is 1.47. The van der Waals surface area contributed by atoms with Crippen molar-refractivity contribution >= 4 is 5.91 Å². The third kappa shape index (κ3) is 2.31. The van der Waals surface area contributed by atoms with E-state index in [0.29, 0.717) is 6.54 Å². The van der Waals surface area contributed by atoms with Crippen molar-refractivity contribution in [1.29, 1.82) is 0 Å². The highest BCUT2D eigenvalue weighted by atomic mass is 16.2. The first kappa shape index (κ1) is 10.9. The second-order valence-electron chi connectivity index (χ2n) is 3.93. The summed E-state index contributed by atoms with van der Waals surface area (Å²) in [6.45, 7) is 1.45. The van der Waals surface area contributed by atoms with E-state index >= 15 is 0 Å². The van der Waals surface area contributed by atoms with Crippen molar-refractivity contribution in [1.82, 2.24) is 4.90 Å². The van der Waals surface area contributed by atoms with Crippen LogP contribution < -0.4 is 5.73 Å². The molecule has 0 unspecified atom stereocenters. The van der Waals surface area contributed by atoms with E-state index in [1.54, 1.807) is 4.90 Å². The second kappa shape index (κ2) is 4.94. The predicted molar refractivity (Wildman–Crippen MR) is 63.7 cm³/mol. The maximum absolute atomic E-state index is 12.1. The largest absolute Gasteiger partial charge is 0.337 e. The van der Waals surface area contributed by atoms with Crippen LogP contribution in [0.3, 0.4) is 0 Å². The van der Waals surface area contributed by atoms with Crippen molar-refractivity contribution in [2.75, 3.05) is 13.1 Å². The molecule has 3 nitrogen and oxygen atoms in total. The molecule has 3 heteroatoms. The fraction of sp³-hybridized carbons (Fsp3) is 0.308. The number of hydrogen-bond donors (Lipinski definition) is 1. The van der Waals surface area contributed by atoms with Crippen LogP contribution in [0.1, 0.15) is 18.0 Å². The Morgan fingerprint density at radius 2 is 2.00 bits per heavy atom. The van der Waals surface area contributed by atoms with Gasteiger partial charge >= 0.3 is 0 Å². The summed E-state index contributed by atoms with van der Waals surface area (Å²) in [5.41, 5.74) is 6.83. The standard InChI is InChI=1S/C13H16N2O/c14-12(11-7-3-1-4-8-11)13(16)15-9-5-2-6-10-15/h1-5,7-8,12H,6,9-10,14H2/t12-/m0/s1. The van der Waals surface area contributed by atoms with E-state index in [1.165, 1.54) is 0 Å². The highest BCUT2D eigenvalue weighted by Gasteiger charge is 2.21. The molecule has 1 aromatic rings. The zero-order chi connectivity index (χ0) is 11.4. The van der Waals surface area contributed by atoms with Gasteiger partial charge in [0.15, 0.2) is 0 Å². The summed E-state index contributed by atoms with van der Waals surface area (Å²) in [5, 5.41) is 0. The Labute approximate surface area is 95.6 Å². The average molecular weight is 216 g/mol. The van der Waals surface area contributed by atoms with Gasteiger partial charge in [0.05, 0.1) is 0 Å². The summed E-state index contributed by atoms with van der Waals surface area (Å²) in [6.07, 6.45) is 5.03. The first-order valence-electron chi connectivity index (χ1n) is 5.53.